The molecule has 0 aliphatic heterocycles. The van der Waals surface area contributed by atoms with Crippen molar-refractivity contribution in [1.82, 2.24) is 10.6 Å². The van der Waals surface area contributed by atoms with Gasteiger partial charge in [-0.1, -0.05) is 18.2 Å². The highest BCUT2D eigenvalue weighted by molar-refractivity contribution is 7.98. The van der Waals surface area contributed by atoms with Gasteiger partial charge in [0.05, 0.1) is 31.9 Å². The zero-order valence-corrected chi connectivity index (χ0v) is 20.8. The van der Waals surface area contributed by atoms with E-state index >= 15 is 0 Å². The Hall–Kier alpha value is -2.87. The van der Waals surface area contributed by atoms with Crippen LogP contribution in [0.15, 0.2) is 42.5 Å². The van der Waals surface area contributed by atoms with E-state index in [0.717, 1.165) is 11.3 Å². The molecule has 8 heteroatoms. The number of hydrogen-bond acceptors (Lipinski definition) is 6. The predicted octanol–water partition coefficient (Wildman–Crippen LogP) is 4.22. The highest BCUT2D eigenvalue weighted by Gasteiger charge is 2.24. The van der Waals surface area contributed by atoms with Crippen molar-refractivity contribution in [2.45, 2.75) is 39.3 Å². The fraction of sp³-hybridized carbons (Fsp3) is 0.440. The Balaban J connectivity index is 2.15. The first kappa shape index (κ1) is 26.4. The van der Waals surface area contributed by atoms with Gasteiger partial charge in [0.25, 0.3) is 5.91 Å². The van der Waals surface area contributed by atoms with Crippen molar-refractivity contribution in [3.8, 4) is 17.2 Å². The van der Waals surface area contributed by atoms with Crippen molar-refractivity contribution >= 4 is 23.6 Å². The summed E-state index contributed by atoms with van der Waals surface area (Å²) in [7, 11) is 1.51. The number of carbonyl (C=O) groups excluding carboxylic acids is 2. The summed E-state index contributed by atoms with van der Waals surface area (Å²) in [6.45, 7) is 6.77. The quantitative estimate of drug-likeness (QED) is 0.452. The molecule has 0 aliphatic rings. The summed E-state index contributed by atoms with van der Waals surface area (Å²) in [5.74, 6) is 1.92. The van der Waals surface area contributed by atoms with Crippen molar-refractivity contribution in [3.63, 3.8) is 0 Å². The third-order valence-corrected chi connectivity index (χ3v) is 5.65. The summed E-state index contributed by atoms with van der Waals surface area (Å²) in [6.07, 6.45) is 2.48. The van der Waals surface area contributed by atoms with Crippen molar-refractivity contribution in [1.29, 1.82) is 0 Å². The van der Waals surface area contributed by atoms with Gasteiger partial charge in [0.2, 0.25) is 5.91 Å². The molecule has 2 atom stereocenters. The third-order valence-electron chi connectivity index (χ3n) is 5.01. The minimum Gasteiger partial charge on any atom is -0.496 e. The number of thioether (sulfide) groups is 1. The Bertz CT molecular complexity index is 921. The highest BCUT2D eigenvalue weighted by Crippen LogP contribution is 2.30. The van der Waals surface area contributed by atoms with Crippen LogP contribution in [0.4, 0.5) is 0 Å². The predicted molar refractivity (Wildman–Crippen MR) is 133 cm³/mol. The van der Waals surface area contributed by atoms with Crippen LogP contribution in [0.5, 0.6) is 17.2 Å². The Morgan fingerprint density at radius 3 is 2.33 bits per heavy atom. The van der Waals surface area contributed by atoms with Crippen LogP contribution in [0, 0.1) is 0 Å². The van der Waals surface area contributed by atoms with Crippen LogP contribution in [-0.4, -0.2) is 50.2 Å². The second kappa shape index (κ2) is 13.6. The minimum absolute atomic E-state index is 0.244. The van der Waals surface area contributed by atoms with Crippen molar-refractivity contribution in [2.24, 2.45) is 0 Å². The van der Waals surface area contributed by atoms with Crippen LogP contribution in [0.1, 0.15) is 49.2 Å². The van der Waals surface area contributed by atoms with E-state index in [1.165, 1.54) is 7.11 Å². The average Bonchev–Trinajstić information content (AvgIpc) is 2.82. The SMILES string of the molecule is CCOc1ccc(C(C)NC(=O)C(CCSC)NC(=O)c2ccccc2OC)cc1OCC. The van der Waals surface area contributed by atoms with E-state index in [1.807, 2.05) is 45.2 Å². The Morgan fingerprint density at radius 2 is 1.67 bits per heavy atom. The van der Waals surface area contributed by atoms with Gasteiger partial charge in [0.1, 0.15) is 11.8 Å². The largest absolute Gasteiger partial charge is 0.496 e. The molecule has 0 saturated carbocycles. The summed E-state index contributed by atoms with van der Waals surface area (Å²) in [5, 5.41) is 5.89. The molecule has 0 bridgehead atoms. The van der Waals surface area contributed by atoms with E-state index in [1.54, 1.807) is 36.0 Å². The van der Waals surface area contributed by atoms with Crippen molar-refractivity contribution in [2.75, 3.05) is 32.3 Å². The molecule has 2 amide bonds. The van der Waals surface area contributed by atoms with Gasteiger partial charge < -0.3 is 24.8 Å². The molecule has 0 fully saturated rings. The number of nitrogens with one attached hydrogen (secondary N) is 2. The number of para-hydroxylation sites is 1. The molecule has 180 valence electrons. The molecule has 0 radical (unpaired) electrons. The van der Waals surface area contributed by atoms with E-state index in [0.29, 0.717) is 42.4 Å². The zero-order valence-electron chi connectivity index (χ0n) is 20.0. The maximum absolute atomic E-state index is 13.1. The molecule has 2 aromatic rings. The van der Waals surface area contributed by atoms with Crippen LogP contribution in [0.25, 0.3) is 0 Å². The fourth-order valence-electron chi connectivity index (χ4n) is 3.31. The second-order valence-electron chi connectivity index (χ2n) is 7.31. The second-order valence-corrected chi connectivity index (χ2v) is 8.30. The molecule has 2 rings (SSSR count). The first-order chi connectivity index (χ1) is 15.9. The van der Waals surface area contributed by atoms with Gasteiger partial charge in [-0.25, -0.2) is 0 Å². The molecule has 2 N–H and O–H groups in total. The normalized spacial score (nSPS) is 12.4. The standard InChI is InChI=1S/C25H34N2O5S/c1-6-31-22-13-12-18(16-23(22)32-7-2)17(3)26-25(29)20(14-15-33-5)27-24(28)19-10-8-9-11-21(19)30-4/h8-13,16-17,20H,6-7,14-15H2,1-5H3,(H,26,29)(H,27,28). The summed E-state index contributed by atoms with van der Waals surface area (Å²) in [5.41, 5.74) is 1.28. The van der Waals surface area contributed by atoms with Gasteiger partial charge in [-0.15, -0.1) is 0 Å². The van der Waals surface area contributed by atoms with E-state index in [-0.39, 0.29) is 17.9 Å². The van der Waals surface area contributed by atoms with Gasteiger partial charge in [-0.3, -0.25) is 9.59 Å². The minimum atomic E-state index is -0.675. The fourth-order valence-corrected chi connectivity index (χ4v) is 3.78. The lowest BCUT2D eigenvalue weighted by Gasteiger charge is -2.22. The van der Waals surface area contributed by atoms with E-state index in [2.05, 4.69) is 10.6 Å². The first-order valence-corrected chi connectivity index (χ1v) is 12.5. The van der Waals surface area contributed by atoms with Crippen LogP contribution < -0.4 is 24.8 Å². The molecule has 0 aliphatic carbocycles. The van der Waals surface area contributed by atoms with Gasteiger partial charge in [-0.05, 0) is 69.0 Å². The number of hydrogen-bond donors (Lipinski definition) is 2. The molecule has 2 aromatic carbocycles. The van der Waals surface area contributed by atoms with Gasteiger partial charge >= 0.3 is 0 Å². The maximum Gasteiger partial charge on any atom is 0.255 e. The van der Waals surface area contributed by atoms with Gasteiger partial charge in [0.15, 0.2) is 11.5 Å². The molecule has 7 nitrogen and oxygen atoms in total. The number of benzene rings is 2. The van der Waals surface area contributed by atoms with Gasteiger partial charge in [0, 0.05) is 0 Å². The van der Waals surface area contributed by atoms with E-state index in [4.69, 9.17) is 14.2 Å². The number of carbonyl (C=O) groups is 2. The molecular formula is C25H34N2O5S. The van der Waals surface area contributed by atoms with Crippen LogP contribution in [-0.2, 0) is 4.79 Å². The highest BCUT2D eigenvalue weighted by atomic mass is 32.2. The first-order valence-electron chi connectivity index (χ1n) is 11.1. The van der Waals surface area contributed by atoms with Crippen LogP contribution in [0.3, 0.4) is 0 Å². The molecule has 0 aromatic heterocycles. The van der Waals surface area contributed by atoms with Crippen molar-refractivity contribution in [3.05, 3.63) is 53.6 Å². The van der Waals surface area contributed by atoms with E-state index < -0.39 is 6.04 Å². The summed E-state index contributed by atoms with van der Waals surface area (Å²) >= 11 is 1.62. The Labute approximate surface area is 200 Å². The zero-order chi connectivity index (χ0) is 24.2. The monoisotopic (exact) mass is 474 g/mol. The third kappa shape index (κ3) is 7.60. The summed E-state index contributed by atoms with van der Waals surface area (Å²) < 4.78 is 16.6. The Kier molecular flexibility index (Phi) is 10.9. The lowest BCUT2D eigenvalue weighted by molar-refractivity contribution is -0.123. The Morgan fingerprint density at radius 1 is 0.970 bits per heavy atom. The molecular weight excluding hydrogens is 440 g/mol. The van der Waals surface area contributed by atoms with Crippen LogP contribution >= 0.6 is 11.8 Å². The van der Waals surface area contributed by atoms with Gasteiger partial charge in [-0.2, -0.15) is 11.8 Å². The van der Waals surface area contributed by atoms with Crippen LogP contribution in [0.2, 0.25) is 0 Å². The lowest BCUT2D eigenvalue weighted by atomic mass is 10.1. The maximum atomic E-state index is 13.1. The summed E-state index contributed by atoms with van der Waals surface area (Å²) in [4.78, 5) is 26.0. The molecule has 0 saturated heterocycles. The number of methoxy groups -OCH3 is 1. The van der Waals surface area contributed by atoms with Crippen molar-refractivity contribution < 1.29 is 23.8 Å². The molecule has 0 spiro atoms. The molecule has 0 heterocycles. The lowest BCUT2D eigenvalue weighted by Crippen LogP contribution is -2.47. The smallest absolute Gasteiger partial charge is 0.255 e. The number of rotatable bonds is 13. The average molecular weight is 475 g/mol. The number of amides is 2. The number of ether oxygens (including phenoxy) is 3. The molecule has 33 heavy (non-hydrogen) atoms. The summed E-state index contributed by atoms with van der Waals surface area (Å²) in [6, 6.07) is 11.6. The topological polar surface area (TPSA) is 85.9 Å². The molecule has 2 unspecified atom stereocenters. The van der Waals surface area contributed by atoms with E-state index in [9.17, 15) is 9.59 Å².